The predicted octanol–water partition coefficient (Wildman–Crippen LogP) is 3.74. The molecule has 1 aromatic heterocycles. The van der Waals surface area contributed by atoms with E-state index in [9.17, 15) is 14.9 Å². The maximum absolute atomic E-state index is 11.7. The Morgan fingerprint density at radius 3 is 2.34 bits per heavy atom. The molecule has 0 amide bonds. The van der Waals surface area contributed by atoms with Gasteiger partial charge in [0.1, 0.15) is 6.33 Å². The molecule has 10 heteroatoms. The number of rotatable bonds is 8. The third kappa shape index (κ3) is 4.95. The van der Waals surface area contributed by atoms with Gasteiger partial charge in [-0.25, -0.2) is 14.8 Å². The number of para-hydroxylation sites is 1. The fraction of sp³-hybridized carbons (Fsp3) is 0.105. The van der Waals surface area contributed by atoms with Gasteiger partial charge < -0.3 is 10.1 Å². The molecule has 0 atom stereocenters. The number of hydrogen-bond acceptors (Lipinski definition) is 9. The highest BCUT2D eigenvalue weighted by Gasteiger charge is 2.23. The largest absolute Gasteiger partial charge is 0.462 e. The SMILES string of the molecule is CCOC(=O)c1ccc(Nc2ncnc(NNc3ccccc3)c2[N+](=O)[O-])cc1. The first-order valence-electron chi connectivity index (χ1n) is 8.69. The number of nitrogens with zero attached hydrogens (tertiary/aromatic N) is 3. The van der Waals surface area contributed by atoms with E-state index in [1.54, 1.807) is 43.3 Å². The third-order valence-electron chi connectivity index (χ3n) is 3.76. The zero-order chi connectivity index (χ0) is 20.6. The Labute approximate surface area is 166 Å². The van der Waals surface area contributed by atoms with Crippen molar-refractivity contribution in [1.29, 1.82) is 0 Å². The molecule has 0 aliphatic rings. The summed E-state index contributed by atoms with van der Waals surface area (Å²) in [6.07, 6.45) is 1.21. The van der Waals surface area contributed by atoms with Crippen LogP contribution >= 0.6 is 0 Å². The van der Waals surface area contributed by atoms with E-state index in [-0.39, 0.29) is 23.9 Å². The summed E-state index contributed by atoms with van der Waals surface area (Å²) in [6, 6.07) is 15.4. The van der Waals surface area contributed by atoms with E-state index in [1.807, 2.05) is 18.2 Å². The van der Waals surface area contributed by atoms with Crippen LogP contribution in [0.15, 0.2) is 60.9 Å². The lowest BCUT2D eigenvalue weighted by Gasteiger charge is -2.11. The Kier molecular flexibility index (Phi) is 6.15. The van der Waals surface area contributed by atoms with Gasteiger partial charge in [0.25, 0.3) is 0 Å². The fourth-order valence-electron chi connectivity index (χ4n) is 2.43. The number of hydrazine groups is 1. The van der Waals surface area contributed by atoms with Gasteiger partial charge >= 0.3 is 11.7 Å². The molecule has 3 aromatic rings. The van der Waals surface area contributed by atoms with Crippen molar-refractivity contribution in [3.05, 3.63) is 76.6 Å². The highest BCUT2D eigenvalue weighted by atomic mass is 16.6. The Morgan fingerprint density at radius 2 is 1.69 bits per heavy atom. The molecule has 0 unspecified atom stereocenters. The second kappa shape index (κ2) is 9.13. The van der Waals surface area contributed by atoms with Gasteiger partial charge in [-0.2, -0.15) is 0 Å². The van der Waals surface area contributed by atoms with Crippen molar-refractivity contribution in [2.24, 2.45) is 0 Å². The van der Waals surface area contributed by atoms with E-state index >= 15 is 0 Å². The van der Waals surface area contributed by atoms with Gasteiger partial charge in [0.2, 0.25) is 11.6 Å². The Balaban J connectivity index is 1.80. The van der Waals surface area contributed by atoms with Crippen LogP contribution in [0.1, 0.15) is 17.3 Å². The summed E-state index contributed by atoms with van der Waals surface area (Å²) in [4.78, 5) is 30.7. The van der Waals surface area contributed by atoms with Crippen molar-refractivity contribution in [3.8, 4) is 0 Å². The first-order chi connectivity index (χ1) is 14.1. The van der Waals surface area contributed by atoms with Crippen LogP contribution in [-0.4, -0.2) is 27.5 Å². The summed E-state index contributed by atoms with van der Waals surface area (Å²) in [5, 5.41) is 14.5. The number of aromatic nitrogens is 2. The number of esters is 1. The van der Waals surface area contributed by atoms with Crippen LogP contribution in [-0.2, 0) is 4.74 Å². The van der Waals surface area contributed by atoms with E-state index in [0.717, 1.165) is 0 Å². The number of hydrogen-bond donors (Lipinski definition) is 3. The van der Waals surface area contributed by atoms with Crippen molar-refractivity contribution in [2.75, 3.05) is 22.8 Å². The zero-order valence-electron chi connectivity index (χ0n) is 15.5. The van der Waals surface area contributed by atoms with Gasteiger partial charge in [-0.05, 0) is 43.3 Å². The van der Waals surface area contributed by atoms with Crippen LogP contribution in [0.5, 0.6) is 0 Å². The smallest absolute Gasteiger partial charge is 0.355 e. The molecule has 0 aliphatic heterocycles. The second-order valence-corrected chi connectivity index (χ2v) is 5.72. The lowest BCUT2D eigenvalue weighted by atomic mass is 10.2. The van der Waals surface area contributed by atoms with E-state index in [0.29, 0.717) is 16.9 Å². The monoisotopic (exact) mass is 394 g/mol. The predicted molar refractivity (Wildman–Crippen MR) is 108 cm³/mol. The molecular formula is C19H18N6O4. The molecule has 0 saturated heterocycles. The minimum atomic E-state index is -0.579. The van der Waals surface area contributed by atoms with E-state index in [2.05, 4.69) is 26.1 Å². The average Bonchev–Trinajstić information content (AvgIpc) is 2.73. The summed E-state index contributed by atoms with van der Waals surface area (Å²) < 4.78 is 4.93. The molecule has 0 aliphatic carbocycles. The fourth-order valence-corrected chi connectivity index (χ4v) is 2.43. The topological polar surface area (TPSA) is 131 Å². The molecule has 148 valence electrons. The van der Waals surface area contributed by atoms with Crippen molar-refractivity contribution < 1.29 is 14.5 Å². The quantitative estimate of drug-likeness (QED) is 0.297. The molecule has 10 nitrogen and oxygen atoms in total. The molecule has 1 heterocycles. The van der Waals surface area contributed by atoms with Crippen molar-refractivity contribution in [3.63, 3.8) is 0 Å². The van der Waals surface area contributed by atoms with Gasteiger partial charge in [-0.3, -0.25) is 21.0 Å². The first-order valence-corrected chi connectivity index (χ1v) is 8.69. The van der Waals surface area contributed by atoms with Gasteiger partial charge in [-0.15, -0.1) is 0 Å². The lowest BCUT2D eigenvalue weighted by Crippen LogP contribution is -2.13. The van der Waals surface area contributed by atoms with Crippen LogP contribution < -0.4 is 16.2 Å². The number of anilines is 4. The van der Waals surface area contributed by atoms with Crippen LogP contribution in [0.2, 0.25) is 0 Å². The van der Waals surface area contributed by atoms with E-state index in [1.165, 1.54) is 6.33 Å². The Morgan fingerprint density at radius 1 is 1.00 bits per heavy atom. The molecule has 0 radical (unpaired) electrons. The van der Waals surface area contributed by atoms with Gasteiger partial charge in [0.05, 0.1) is 22.8 Å². The molecule has 0 fully saturated rings. The van der Waals surface area contributed by atoms with Crippen LogP contribution in [0, 0.1) is 10.1 Å². The second-order valence-electron chi connectivity index (χ2n) is 5.72. The summed E-state index contributed by atoms with van der Waals surface area (Å²) in [6.45, 7) is 2.00. The molecular weight excluding hydrogens is 376 g/mol. The molecule has 0 spiro atoms. The zero-order valence-corrected chi connectivity index (χ0v) is 15.5. The first kappa shape index (κ1) is 19.5. The van der Waals surface area contributed by atoms with Crippen molar-refractivity contribution in [1.82, 2.24) is 9.97 Å². The number of nitrogens with one attached hydrogen (secondary N) is 3. The number of benzene rings is 2. The van der Waals surface area contributed by atoms with Gasteiger partial charge in [0, 0.05) is 5.69 Å². The molecule has 3 N–H and O–H groups in total. The maximum atomic E-state index is 11.7. The minimum Gasteiger partial charge on any atom is -0.462 e. The number of nitro groups is 1. The van der Waals surface area contributed by atoms with Crippen molar-refractivity contribution in [2.45, 2.75) is 6.92 Å². The van der Waals surface area contributed by atoms with Gasteiger partial charge in [-0.1, -0.05) is 18.2 Å². The van der Waals surface area contributed by atoms with Crippen molar-refractivity contribution >= 4 is 34.7 Å². The Bertz CT molecular complexity index is 995. The third-order valence-corrected chi connectivity index (χ3v) is 3.76. The van der Waals surface area contributed by atoms with E-state index < -0.39 is 10.9 Å². The molecule has 0 bridgehead atoms. The van der Waals surface area contributed by atoms with Crippen LogP contribution in [0.4, 0.5) is 28.7 Å². The average molecular weight is 394 g/mol. The maximum Gasteiger partial charge on any atom is 0.355 e. The highest BCUT2D eigenvalue weighted by molar-refractivity contribution is 5.90. The molecule has 2 aromatic carbocycles. The number of ether oxygens (including phenoxy) is 1. The summed E-state index contributed by atoms with van der Waals surface area (Å²) in [7, 11) is 0. The Hall–Kier alpha value is -4.21. The van der Waals surface area contributed by atoms with E-state index in [4.69, 9.17) is 4.74 Å². The number of carbonyl (C=O) groups is 1. The lowest BCUT2D eigenvalue weighted by molar-refractivity contribution is -0.383. The standard InChI is InChI=1S/C19H18N6O4/c1-2-29-19(26)13-8-10-14(11-9-13)22-17-16(25(27)28)18(21-12-20-17)24-23-15-6-4-3-5-7-15/h3-12,23H,2H2,1H3,(H2,20,21,22,24). The highest BCUT2D eigenvalue weighted by Crippen LogP contribution is 2.31. The van der Waals surface area contributed by atoms with Crippen LogP contribution in [0.3, 0.4) is 0 Å². The van der Waals surface area contributed by atoms with Gasteiger partial charge in [0.15, 0.2) is 0 Å². The van der Waals surface area contributed by atoms with Crippen LogP contribution in [0.25, 0.3) is 0 Å². The molecule has 0 saturated carbocycles. The minimum absolute atomic E-state index is 0.000466. The molecule has 29 heavy (non-hydrogen) atoms. The summed E-state index contributed by atoms with van der Waals surface area (Å²) in [5.74, 6) is -0.434. The molecule has 3 rings (SSSR count). The normalized spacial score (nSPS) is 10.1. The number of carbonyl (C=O) groups excluding carboxylic acids is 1. The summed E-state index contributed by atoms with van der Waals surface area (Å²) >= 11 is 0. The summed E-state index contributed by atoms with van der Waals surface area (Å²) in [5.41, 5.74) is 6.86.